The third-order valence-electron chi connectivity index (χ3n) is 13.4. The fraction of sp³-hybridized carbons (Fsp3) is 1.00. The number of hydrogen-bond acceptors (Lipinski definition) is 0. The molecular formula is C30H52. The van der Waals surface area contributed by atoms with Crippen LogP contribution in [0, 0.1) is 56.2 Å². The van der Waals surface area contributed by atoms with E-state index in [2.05, 4.69) is 55.4 Å². The summed E-state index contributed by atoms with van der Waals surface area (Å²) in [6.45, 7) is 21.4. The van der Waals surface area contributed by atoms with Crippen LogP contribution in [0.25, 0.3) is 0 Å². The van der Waals surface area contributed by atoms with Crippen molar-refractivity contribution < 1.29 is 0 Å². The van der Waals surface area contributed by atoms with Gasteiger partial charge in [0.15, 0.2) is 0 Å². The van der Waals surface area contributed by atoms with Gasteiger partial charge in [0.05, 0.1) is 0 Å². The number of rotatable bonds is 0. The molecule has 8 atom stereocenters. The standard InChI is InChI=1S/C30H52/c1-25(2)16-17-27(5)18-19-29(7)21(22(27)20-25)10-11-24-28(6)14-9-13-26(3,4)23(28)12-15-30(24,29)8/h21-24H,9-20H2,1-8H3/t21-,22-,23+,24-,27-,28+,29-,30-/m1/s1. The molecule has 0 saturated heterocycles. The maximum Gasteiger partial charge on any atom is -0.0235 e. The van der Waals surface area contributed by atoms with Crippen molar-refractivity contribution in [3.8, 4) is 0 Å². The smallest absolute Gasteiger partial charge is 0.0235 e. The molecule has 5 saturated carbocycles. The van der Waals surface area contributed by atoms with Gasteiger partial charge in [-0.1, -0.05) is 61.8 Å². The number of fused-ring (bicyclic) bond motifs is 7. The van der Waals surface area contributed by atoms with Gasteiger partial charge in [-0.25, -0.2) is 0 Å². The summed E-state index contributed by atoms with van der Waals surface area (Å²) >= 11 is 0. The van der Waals surface area contributed by atoms with E-state index in [0.29, 0.717) is 32.5 Å². The third-order valence-corrected chi connectivity index (χ3v) is 13.4. The molecular weight excluding hydrogens is 360 g/mol. The Balaban J connectivity index is 1.53. The average molecular weight is 413 g/mol. The van der Waals surface area contributed by atoms with E-state index < -0.39 is 0 Å². The Kier molecular flexibility index (Phi) is 4.59. The van der Waals surface area contributed by atoms with Crippen LogP contribution in [0.5, 0.6) is 0 Å². The lowest BCUT2D eigenvalue weighted by Crippen LogP contribution is -2.65. The van der Waals surface area contributed by atoms with Crippen molar-refractivity contribution in [3.63, 3.8) is 0 Å². The first-order valence-electron chi connectivity index (χ1n) is 13.8. The summed E-state index contributed by atoms with van der Waals surface area (Å²) in [4.78, 5) is 0. The Labute approximate surface area is 188 Å². The minimum atomic E-state index is 0.560. The topological polar surface area (TPSA) is 0 Å². The third kappa shape index (κ3) is 2.70. The molecule has 0 unspecified atom stereocenters. The van der Waals surface area contributed by atoms with Gasteiger partial charge in [-0.3, -0.25) is 0 Å². The minimum absolute atomic E-state index is 0.560. The molecule has 0 aromatic rings. The van der Waals surface area contributed by atoms with Crippen molar-refractivity contribution in [2.45, 2.75) is 132 Å². The zero-order valence-corrected chi connectivity index (χ0v) is 21.8. The van der Waals surface area contributed by atoms with Gasteiger partial charge in [-0.15, -0.1) is 0 Å². The Morgan fingerprint density at radius 2 is 1.23 bits per heavy atom. The molecule has 0 aromatic carbocycles. The summed E-state index contributed by atoms with van der Waals surface area (Å²) in [7, 11) is 0. The average Bonchev–Trinajstić information content (AvgIpc) is 2.63. The van der Waals surface area contributed by atoms with Gasteiger partial charge in [0.25, 0.3) is 0 Å². The Hall–Kier alpha value is 0. The van der Waals surface area contributed by atoms with Crippen molar-refractivity contribution >= 4 is 0 Å². The van der Waals surface area contributed by atoms with E-state index in [1.807, 2.05) is 0 Å². The fourth-order valence-electron chi connectivity index (χ4n) is 11.4. The first-order chi connectivity index (χ1) is 13.8. The normalized spacial score (nSPS) is 56.8. The summed E-state index contributed by atoms with van der Waals surface area (Å²) in [5.74, 6) is 3.88. The highest BCUT2D eigenvalue weighted by molar-refractivity contribution is 5.17. The highest BCUT2D eigenvalue weighted by atomic mass is 14.7. The second kappa shape index (κ2) is 6.32. The molecule has 0 radical (unpaired) electrons. The van der Waals surface area contributed by atoms with Gasteiger partial charge in [-0.2, -0.15) is 0 Å². The quantitative estimate of drug-likeness (QED) is 0.372. The van der Waals surface area contributed by atoms with E-state index in [1.54, 1.807) is 0 Å². The van der Waals surface area contributed by atoms with E-state index >= 15 is 0 Å². The molecule has 30 heavy (non-hydrogen) atoms. The van der Waals surface area contributed by atoms with Crippen LogP contribution < -0.4 is 0 Å². The van der Waals surface area contributed by atoms with Crippen LogP contribution in [0.4, 0.5) is 0 Å². The molecule has 0 heterocycles. The minimum Gasteiger partial charge on any atom is -0.0599 e. The summed E-state index contributed by atoms with van der Waals surface area (Å²) in [5.41, 5.74) is 3.49. The maximum absolute atomic E-state index is 2.81. The second-order valence-corrected chi connectivity index (χ2v) is 15.6. The molecule has 5 aliphatic carbocycles. The molecule has 0 N–H and O–H groups in total. The molecule has 0 spiro atoms. The second-order valence-electron chi connectivity index (χ2n) is 15.6. The van der Waals surface area contributed by atoms with Crippen LogP contribution in [0.3, 0.4) is 0 Å². The predicted octanol–water partition coefficient (Wildman–Crippen LogP) is 9.28. The van der Waals surface area contributed by atoms with Crippen LogP contribution in [-0.2, 0) is 0 Å². The molecule has 5 fully saturated rings. The van der Waals surface area contributed by atoms with Crippen molar-refractivity contribution in [2.24, 2.45) is 56.2 Å². The lowest BCUT2D eigenvalue weighted by atomic mass is 9.31. The van der Waals surface area contributed by atoms with Crippen LogP contribution in [0.1, 0.15) is 132 Å². The summed E-state index contributed by atoms with van der Waals surface area (Å²) in [6, 6.07) is 0. The van der Waals surface area contributed by atoms with E-state index in [1.165, 1.54) is 77.0 Å². The Bertz CT molecular complexity index is 701. The van der Waals surface area contributed by atoms with Gasteiger partial charge in [0.2, 0.25) is 0 Å². The molecule has 0 bridgehead atoms. The van der Waals surface area contributed by atoms with Gasteiger partial charge < -0.3 is 0 Å². The Morgan fingerprint density at radius 1 is 0.533 bits per heavy atom. The van der Waals surface area contributed by atoms with Crippen LogP contribution in [0.15, 0.2) is 0 Å². The predicted molar refractivity (Wildman–Crippen MR) is 129 cm³/mol. The van der Waals surface area contributed by atoms with Crippen LogP contribution in [-0.4, -0.2) is 0 Å². The summed E-state index contributed by atoms with van der Waals surface area (Å²) in [5, 5.41) is 0. The lowest BCUT2D eigenvalue weighted by molar-refractivity contribution is -0.243. The van der Waals surface area contributed by atoms with Gasteiger partial charge in [-0.05, 0) is 127 Å². The molecule has 5 aliphatic rings. The maximum atomic E-state index is 2.81. The highest BCUT2D eigenvalue weighted by Crippen LogP contribution is 2.76. The van der Waals surface area contributed by atoms with Crippen molar-refractivity contribution in [2.75, 3.05) is 0 Å². The van der Waals surface area contributed by atoms with E-state index in [4.69, 9.17) is 0 Å². The molecule has 0 heteroatoms. The molecule has 0 amide bonds. The van der Waals surface area contributed by atoms with E-state index in [9.17, 15) is 0 Å². The first kappa shape index (κ1) is 21.8. The molecule has 0 aromatic heterocycles. The zero-order chi connectivity index (χ0) is 21.8. The van der Waals surface area contributed by atoms with Crippen molar-refractivity contribution in [1.29, 1.82) is 0 Å². The SMILES string of the molecule is CC1(C)CC[C@]2(C)CC[C@]3(C)[C@H](CC[C@@H]4[C@@]5(C)CCCC(C)(C)[C@@H]5CC[C@]43C)[C@H]2C1. The number of hydrogen-bond donors (Lipinski definition) is 0. The fourth-order valence-corrected chi connectivity index (χ4v) is 11.4. The monoisotopic (exact) mass is 412 g/mol. The van der Waals surface area contributed by atoms with Crippen LogP contribution >= 0.6 is 0 Å². The molecule has 172 valence electrons. The van der Waals surface area contributed by atoms with Crippen molar-refractivity contribution in [3.05, 3.63) is 0 Å². The van der Waals surface area contributed by atoms with E-state index in [0.717, 1.165) is 23.7 Å². The molecule has 0 nitrogen and oxygen atoms in total. The van der Waals surface area contributed by atoms with Gasteiger partial charge in [0.1, 0.15) is 0 Å². The Morgan fingerprint density at radius 3 is 1.97 bits per heavy atom. The van der Waals surface area contributed by atoms with Gasteiger partial charge >= 0.3 is 0 Å². The molecule has 5 rings (SSSR count). The largest absolute Gasteiger partial charge is 0.0599 e. The highest BCUT2D eigenvalue weighted by Gasteiger charge is 2.68. The summed E-state index contributed by atoms with van der Waals surface area (Å²) in [6.07, 6.45) is 18.0. The van der Waals surface area contributed by atoms with Gasteiger partial charge in [0, 0.05) is 0 Å². The zero-order valence-electron chi connectivity index (χ0n) is 21.8. The van der Waals surface area contributed by atoms with Crippen molar-refractivity contribution in [1.82, 2.24) is 0 Å². The lowest BCUT2D eigenvalue weighted by Gasteiger charge is -2.73. The first-order valence-corrected chi connectivity index (χ1v) is 13.8. The van der Waals surface area contributed by atoms with Crippen LogP contribution in [0.2, 0.25) is 0 Å². The molecule has 0 aliphatic heterocycles. The summed E-state index contributed by atoms with van der Waals surface area (Å²) < 4.78 is 0. The van der Waals surface area contributed by atoms with E-state index in [-0.39, 0.29) is 0 Å².